The molecule has 1 aliphatic carbocycles. The number of fused-ring (bicyclic) bond motifs is 5. The van der Waals surface area contributed by atoms with Gasteiger partial charge in [-0.1, -0.05) is 0 Å². The maximum Gasteiger partial charge on any atom is 0.355 e. The molecule has 0 fully saturated rings. The summed E-state index contributed by atoms with van der Waals surface area (Å²) in [4.78, 5) is 20.5. The topological polar surface area (TPSA) is 73.4 Å². The summed E-state index contributed by atoms with van der Waals surface area (Å²) in [6, 6.07) is 3.96. The van der Waals surface area contributed by atoms with Crippen LogP contribution < -0.4 is 9.47 Å². The fourth-order valence-electron chi connectivity index (χ4n) is 4.19. The SMILES string of the molecule is CCOC(=O)c1[nH]c2c(c1C)-c1nc3cc4c(cc3c(C)c1CC2)OCO4. The number of aromatic amines is 1. The molecule has 3 heterocycles. The van der Waals surface area contributed by atoms with Crippen molar-refractivity contribution in [3.05, 3.63) is 40.2 Å². The molecule has 2 aromatic heterocycles. The van der Waals surface area contributed by atoms with Crippen LogP contribution in [0.1, 0.15) is 39.8 Å². The van der Waals surface area contributed by atoms with E-state index in [-0.39, 0.29) is 12.8 Å². The Morgan fingerprint density at radius 1 is 1.19 bits per heavy atom. The van der Waals surface area contributed by atoms with Gasteiger partial charge in [-0.05, 0) is 56.4 Å². The van der Waals surface area contributed by atoms with Gasteiger partial charge < -0.3 is 19.2 Å². The Balaban J connectivity index is 1.74. The fourth-order valence-corrected chi connectivity index (χ4v) is 4.19. The van der Waals surface area contributed by atoms with Crippen LogP contribution >= 0.6 is 0 Å². The zero-order valence-corrected chi connectivity index (χ0v) is 15.6. The lowest BCUT2D eigenvalue weighted by molar-refractivity contribution is 0.0519. The van der Waals surface area contributed by atoms with Crippen molar-refractivity contribution < 1.29 is 19.0 Å². The second-order valence-corrected chi connectivity index (χ2v) is 6.99. The standard InChI is InChI=1S/C21H20N2O4/c1-4-25-21(24)19-11(3)18-14(22-19)6-5-12-10(2)13-7-16-17(27-9-26-16)8-15(13)23-20(12)18/h7-8,22H,4-6,9H2,1-3H3. The number of hydrogen-bond donors (Lipinski definition) is 1. The maximum absolute atomic E-state index is 12.3. The van der Waals surface area contributed by atoms with E-state index in [1.165, 1.54) is 11.1 Å². The molecule has 1 N–H and O–H groups in total. The smallest absolute Gasteiger partial charge is 0.355 e. The van der Waals surface area contributed by atoms with Gasteiger partial charge in [-0.15, -0.1) is 0 Å². The van der Waals surface area contributed by atoms with Gasteiger partial charge in [-0.3, -0.25) is 0 Å². The van der Waals surface area contributed by atoms with Crippen molar-refractivity contribution >= 4 is 16.9 Å². The van der Waals surface area contributed by atoms with E-state index in [1.54, 1.807) is 0 Å². The molecule has 0 spiro atoms. The third-order valence-corrected chi connectivity index (χ3v) is 5.53. The molecular weight excluding hydrogens is 344 g/mol. The van der Waals surface area contributed by atoms with Gasteiger partial charge in [0.1, 0.15) is 5.69 Å². The van der Waals surface area contributed by atoms with Crippen molar-refractivity contribution in [3.63, 3.8) is 0 Å². The minimum atomic E-state index is -0.313. The molecule has 1 aromatic carbocycles. The molecule has 0 amide bonds. The predicted octanol–water partition coefficient (Wildman–Crippen LogP) is 3.85. The number of aryl methyl sites for hydroxylation is 2. The Morgan fingerprint density at radius 2 is 1.96 bits per heavy atom. The van der Waals surface area contributed by atoms with E-state index in [9.17, 15) is 4.79 Å². The summed E-state index contributed by atoms with van der Waals surface area (Å²) in [6.45, 7) is 6.50. The second-order valence-electron chi connectivity index (χ2n) is 6.99. The quantitative estimate of drug-likeness (QED) is 0.699. The number of hydrogen-bond acceptors (Lipinski definition) is 5. The van der Waals surface area contributed by atoms with E-state index in [4.69, 9.17) is 19.2 Å². The first-order chi connectivity index (χ1) is 13.1. The van der Waals surface area contributed by atoms with Crippen molar-refractivity contribution in [1.82, 2.24) is 9.97 Å². The van der Waals surface area contributed by atoms with Crippen molar-refractivity contribution in [1.29, 1.82) is 0 Å². The summed E-state index contributed by atoms with van der Waals surface area (Å²) in [5, 5.41) is 1.08. The highest BCUT2D eigenvalue weighted by Crippen LogP contribution is 2.42. The third-order valence-electron chi connectivity index (χ3n) is 5.53. The number of nitrogens with zero attached hydrogens (tertiary/aromatic N) is 1. The summed E-state index contributed by atoms with van der Waals surface area (Å²) in [7, 11) is 0. The minimum absolute atomic E-state index is 0.244. The molecule has 0 radical (unpaired) electrons. The molecular formula is C21H20N2O4. The van der Waals surface area contributed by atoms with E-state index in [2.05, 4.69) is 11.9 Å². The Hall–Kier alpha value is -3.02. The van der Waals surface area contributed by atoms with Gasteiger partial charge in [0.25, 0.3) is 0 Å². The number of ether oxygens (including phenoxy) is 3. The van der Waals surface area contributed by atoms with Crippen LogP contribution in [-0.2, 0) is 17.6 Å². The van der Waals surface area contributed by atoms with Gasteiger partial charge in [-0.2, -0.15) is 0 Å². The first-order valence-electron chi connectivity index (χ1n) is 9.20. The number of esters is 1. The number of H-pyrrole nitrogens is 1. The Bertz CT molecular complexity index is 1110. The Kier molecular flexibility index (Phi) is 3.44. The Labute approximate surface area is 156 Å². The van der Waals surface area contributed by atoms with E-state index < -0.39 is 0 Å². The van der Waals surface area contributed by atoms with Crippen LogP contribution in [0.5, 0.6) is 11.5 Å². The van der Waals surface area contributed by atoms with Crippen LogP contribution in [0, 0.1) is 13.8 Å². The molecule has 3 aromatic rings. The molecule has 0 unspecified atom stereocenters. The third kappa shape index (κ3) is 2.25. The van der Waals surface area contributed by atoms with E-state index >= 15 is 0 Å². The fraction of sp³-hybridized carbons (Fsp3) is 0.333. The van der Waals surface area contributed by atoms with Gasteiger partial charge in [0.15, 0.2) is 11.5 Å². The maximum atomic E-state index is 12.3. The van der Waals surface area contributed by atoms with Crippen molar-refractivity contribution in [2.45, 2.75) is 33.6 Å². The minimum Gasteiger partial charge on any atom is -0.461 e. The highest BCUT2D eigenvalue weighted by molar-refractivity contribution is 5.95. The lowest BCUT2D eigenvalue weighted by Crippen LogP contribution is -2.08. The normalized spacial score (nSPS) is 14.2. The number of pyridine rings is 1. The molecule has 0 saturated heterocycles. The molecule has 0 atom stereocenters. The lowest BCUT2D eigenvalue weighted by atomic mass is 9.87. The number of rotatable bonds is 2. The van der Waals surface area contributed by atoms with Gasteiger partial charge in [-0.25, -0.2) is 9.78 Å². The molecule has 27 heavy (non-hydrogen) atoms. The van der Waals surface area contributed by atoms with Crippen molar-refractivity contribution in [2.24, 2.45) is 0 Å². The highest BCUT2D eigenvalue weighted by Gasteiger charge is 2.29. The lowest BCUT2D eigenvalue weighted by Gasteiger charge is -2.20. The first kappa shape index (κ1) is 16.2. The monoisotopic (exact) mass is 364 g/mol. The van der Waals surface area contributed by atoms with Gasteiger partial charge in [0.2, 0.25) is 6.79 Å². The van der Waals surface area contributed by atoms with Crippen LogP contribution in [0.15, 0.2) is 12.1 Å². The summed E-state index contributed by atoms with van der Waals surface area (Å²) in [5.41, 5.74) is 7.77. The van der Waals surface area contributed by atoms with Crippen molar-refractivity contribution in [2.75, 3.05) is 13.4 Å². The molecule has 0 saturated carbocycles. The van der Waals surface area contributed by atoms with Crippen LogP contribution in [0.3, 0.4) is 0 Å². The Morgan fingerprint density at radius 3 is 2.74 bits per heavy atom. The van der Waals surface area contributed by atoms with E-state index in [0.717, 1.165) is 57.8 Å². The van der Waals surface area contributed by atoms with Crippen LogP contribution in [0.25, 0.3) is 22.2 Å². The van der Waals surface area contributed by atoms with Gasteiger partial charge >= 0.3 is 5.97 Å². The van der Waals surface area contributed by atoms with E-state index in [0.29, 0.717) is 12.3 Å². The van der Waals surface area contributed by atoms with Crippen molar-refractivity contribution in [3.8, 4) is 22.8 Å². The molecule has 2 aliphatic rings. The number of aromatic nitrogens is 2. The van der Waals surface area contributed by atoms with Gasteiger partial charge in [0, 0.05) is 22.7 Å². The van der Waals surface area contributed by atoms with Crippen LogP contribution in [0.2, 0.25) is 0 Å². The summed E-state index contributed by atoms with van der Waals surface area (Å²) in [5.74, 6) is 1.18. The molecule has 138 valence electrons. The number of carbonyl (C=O) groups excluding carboxylic acids is 1. The molecule has 1 aliphatic heterocycles. The number of carbonyl (C=O) groups is 1. The summed E-state index contributed by atoms with van der Waals surface area (Å²) < 4.78 is 16.2. The van der Waals surface area contributed by atoms with Crippen LogP contribution in [0.4, 0.5) is 0 Å². The molecule has 6 nitrogen and oxygen atoms in total. The zero-order valence-electron chi connectivity index (χ0n) is 15.6. The van der Waals surface area contributed by atoms with E-state index in [1.807, 2.05) is 26.0 Å². The second kappa shape index (κ2) is 5.74. The zero-order chi connectivity index (χ0) is 18.7. The van der Waals surface area contributed by atoms with Crippen LogP contribution in [-0.4, -0.2) is 29.3 Å². The average molecular weight is 364 g/mol. The number of nitrogens with one attached hydrogen (secondary N) is 1. The summed E-state index contributed by atoms with van der Waals surface area (Å²) in [6.07, 6.45) is 1.73. The predicted molar refractivity (Wildman–Crippen MR) is 100 cm³/mol. The molecule has 6 heteroatoms. The van der Waals surface area contributed by atoms with Gasteiger partial charge in [0.05, 0.1) is 17.8 Å². The summed E-state index contributed by atoms with van der Waals surface area (Å²) >= 11 is 0. The average Bonchev–Trinajstić information content (AvgIpc) is 3.24. The number of benzene rings is 1. The highest BCUT2D eigenvalue weighted by atomic mass is 16.7. The largest absolute Gasteiger partial charge is 0.461 e. The first-order valence-corrected chi connectivity index (χ1v) is 9.20. The molecule has 5 rings (SSSR count). The molecule has 0 bridgehead atoms.